The van der Waals surface area contributed by atoms with Gasteiger partial charge in [-0.3, -0.25) is 4.79 Å². The molecule has 1 aromatic rings. The van der Waals surface area contributed by atoms with Gasteiger partial charge in [-0.25, -0.2) is 13.1 Å². The molecule has 1 saturated heterocycles. The predicted molar refractivity (Wildman–Crippen MR) is 81.2 cm³/mol. The third-order valence-electron chi connectivity index (χ3n) is 3.55. The Morgan fingerprint density at radius 2 is 1.82 bits per heavy atom. The van der Waals surface area contributed by atoms with Crippen molar-refractivity contribution in [2.24, 2.45) is 0 Å². The van der Waals surface area contributed by atoms with E-state index in [9.17, 15) is 13.2 Å². The lowest BCUT2D eigenvalue weighted by Gasteiger charge is -2.33. The first-order valence-electron chi connectivity index (χ1n) is 7.21. The number of carbonyl (C=O) groups excluding carboxylic acids is 1. The van der Waals surface area contributed by atoms with Crippen LogP contribution in [0, 0.1) is 0 Å². The standard InChI is InChI=1S/C15H21NO5S/c1-12(17)13-4-6-14(7-5-13)22(18,19)16-9-8-15(2)20-10-3-11-21-15/h4-7,16H,3,8-11H2,1-2H3. The topological polar surface area (TPSA) is 81.7 Å². The van der Waals surface area contributed by atoms with Crippen LogP contribution in [0.5, 0.6) is 0 Å². The minimum Gasteiger partial charge on any atom is -0.350 e. The van der Waals surface area contributed by atoms with Crippen LogP contribution in [0.2, 0.25) is 0 Å². The van der Waals surface area contributed by atoms with Gasteiger partial charge in [0.05, 0.1) is 18.1 Å². The number of Topliss-reactive ketones (excluding diaryl/α,β-unsaturated/α-hetero) is 1. The maximum atomic E-state index is 12.2. The zero-order valence-electron chi connectivity index (χ0n) is 12.8. The quantitative estimate of drug-likeness (QED) is 0.804. The Morgan fingerprint density at radius 1 is 1.23 bits per heavy atom. The van der Waals surface area contributed by atoms with Gasteiger partial charge in [-0.1, -0.05) is 12.1 Å². The molecule has 1 fully saturated rings. The molecular weight excluding hydrogens is 306 g/mol. The summed E-state index contributed by atoms with van der Waals surface area (Å²) < 4.78 is 38.0. The largest absolute Gasteiger partial charge is 0.350 e. The Balaban J connectivity index is 1.94. The second kappa shape index (κ2) is 6.87. The highest BCUT2D eigenvalue weighted by Crippen LogP contribution is 2.21. The van der Waals surface area contributed by atoms with E-state index in [1.165, 1.54) is 31.2 Å². The van der Waals surface area contributed by atoms with E-state index in [1.807, 2.05) is 6.92 Å². The smallest absolute Gasteiger partial charge is 0.240 e. The van der Waals surface area contributed by atoms with Crippen molar-refractivity contribution in [2.45, 2.75) is 37.4 Å². The second-order valence-corrected chi connectivity index (χ2v) is 7.18. The summed E-state index contributed by atoms with van der Waals surface area (Å²) in [6, 6.07) is 5.86. The number of benzene rings is 1. The average Bonchev–Trinajstić information content (AvgIpc) is 2.47. The summed E-state index contributed by atoms with van der Waals surface area (Å²) in [5, 5.41) is 0. The van der Waals surface area contributed by atoms with Crippen LogP contribution in [0.1, 0.15) is 37.0 Å². The zero-order chi connectivity index (χ0) is 16.2. The number of nitrogens with one attached hydrogen (secondary N) is 1. The molecular formula is C15H21NO5S. The highest BCUT2D eigenvalue weighted by molar-refractivity contribution is 7.89. The van der Waals surface area contributed by atoms with Crippen LogP contribution in [0.4, 0.5) is 0 Å². The van der Waals surface area contributed by atoms with Crippen molar-refractivity contribution in [1.29, 1.82) is 0 Å². The van der Waals surface area contributed by atoms with Crippen molar-refractivity contribution in [3.8, 4) is 0 Å². The van der Waals surface area contributed by atoms with Crippen molar-refractivity contribution >= 4 is 15.8 Å². The lowest BCUT2D eigenvalue weighted by Crippen LogP contribution is -2.40. The van der Waals surface area contributed by atoms with E-state index in [0.29, 0.717) is 25.2 Å². The van der Waals surface area contributed by atoms with Crippen LogP contribution >= 0.6 is 0 Å². The van der Waals surface area contributed by atoms with Crippen LogP contribution < -0.4 is 4.72 Å². The number of ether oxygens (including phenoxy) is 2. The Labute approximate surface area is 130 Å². The first-order chi connectivity index (χ1) is 10.3. The van der Waals surface area contributed by atoms with Crippen LogP contribution in [0.3, 0.4) is 0 Å². The minimum atomic E-state index is -3.60. The van der Waals surface area contributed by atoms with E-state index in [1.54, 1.807) is 0 Å². The maximum Gasteiger partial charge on any atom is 0.240 e. The molecule has 0 unspecified atom stereocenters. The minimum absolute atomic E-state index is 0.101. The van der Waals surface area contributed by atoms with E-state index in [4.69, 9.17) is 9.47 Å². The molecule has 22 heavy (non-hydrogen) atoms. The molecule has 1 aliphatic rings. The molecule has 0 bridgehead atoms. The molecule has 1 aromatic carbocycles. The van der Waals surface area contributed by atoms with Gasteiger partial charge in [0, 0.05) is 18.5 Å². The molecule has 0 spiro atoms. The third-order valence-corrected chi connectivity index (χ3v) is 5.02. The molecule has 2 rings (SSSR count). The van der Waals surface area contributed by atoms with Gasteiger partial charge in [-0.15, -0.1) is 0 Å². The third kappa shape index (κ3) is 4.36. The molecule has 0 radical (unpaired) electrons. The summed E-state index contributed by atoms with van der Waals surface area (Å²) in [4.78, 5) is 11.3. The van der Waals surface area contributed by atoms with Crippen LogP contribution in [-0.4, -0.2) is 39.7 Å². The SMILES string of the molecule is CC(=O)c1ccc(S(=O)(=O)NCCC2(C)OCCCO2)cc1. The second-order valence-electron chi connectivity index (χ2n) is 5.41. The summed E-state index contributed by atoms with van der Waals surface area (Å²) in [7, 11) is -3.60. The highest BCUT2D eigenvalue weighted by atomic mass is 32.2. The molecule has 122 valence electrons. The molecule has 1 N–H and O–H groups in total. The zero-order valence-corrected chi connectivity index (χ0v) is 13.6. The van der Waals surface area contributed by atoms with E-state index in [-0.39, 0.29) is 17.2 Å². The van der Waals surface area contributed by atoms with E-state index in [0.717, 1.165) is 6.42 Å². The monoisotopic (exact) mass is 327 g/mol. The summed E-state index contributed by atoms with van der Waals surface area (Å²) in [6.45, 7) is 4.70. The van der Waals surface area contributed by atoms with E-state index in [2.05, 4.69) is 4.72 Å². The lowest BCUT2D eigenvalue weighted by atomic mass is 10.2. The molecule has 0 aliphatic carbocycles. The molecule has 0 atom stereocenters. The van der Waals surface area contributed by atoms with Gasteiger partial charge in [0.2, 0.25) is 10.0 Å². The number of ketones is 1. The number of hydrogen-bond acceptors (Lipinski definition) is 5. The number of rotatable bonds is 6. The normalized spacial score (nSPS) is 18.1. The summed E-state index contributed by atoms with van der Waals surface area (Å²) in [5.74, 6) is -0.837. The van der Waals surface area contributed by atoms with Gasteiger partial charge in [0.15, 0.2) is 11.6 Å². The lowest BCUT2D eigenvalue weighted by molar-refractivity contribution is -0.257. The van der Waals surface area contributed by atoms with Crippen molar-refractivity contribution in [3.05, 3.63) is 29.8 Å². The highest BCUT2D eigenvalue weighted by Gasteiger charge is 2.29. The van der Waals surface area contributed by atoms with Gasteiger partial charge >= 0.3 is 0 Å². The average molecular weight is 327 g/mol. The maximum absolute atomic E-state index is 12.2. The fourth-order valence-corrected chi connectivity index (χ4v) is 3.22. The predicted octanol–water partition coefficient (Wildman–Crippen LogP) is 1.71. The Morgan fingerprint density at radius 3 is 2.36 bits per heavy atom. The summed E-state index contributed by atoms with van der Waals surface area (Å²) in [6.07, 6.45) is 1.28. The van der Waals surface area contributed by atoms with Crippen molar-refractivity contribution in [1.82, 2.24) is 4.72 Å². The van der Waals surface area contributed by atoms with Crippen molar-refractivity contribution in [3.63, 3.8) is 0 Å². The summed E-state index contributed by atoms with van der Waals surface area (Å²) in [5.41, 5.74) is 0.482. The number of hydrogen-bond donors (Lipinski definition) is 1. The number of carbonyl (C=O) groups is 1. The fourth-order valence-electron chi connectivity index (χ4n) is 2.19. The first-order valence-corrected chi connectivity index (χ1v) is 8.69. The molecule has 1 heterocycles. The fraction of sp³-hybridized carbons (Fsp3) is 0.533. The van der Waals surface area contributed by atoms with Gasteiger partial charge in [0.25, 0.3) is 0 Å². The van der Waals surface area contributed by atoms with Crippen LogP contribution in [0.25, 0.3) is 0 Å². The van der Waals surface area contributed by atoms with E-state index >= 15 is 0 Å². The molecule has 7 heteroatoms. The Bertz CT molecular complexity index is 618. The van der Waals surface area contributed by atoms with Crippen molar-refractivity contribution < 1.29 is 22.7 Å². The van der Waals surface area contributed by atoms with Gasteiger partial charge in [0.1, 0.15) is 0 Å². The van der Waals surface area contributed by atoms with Gasteiger partial charge in [-0.05, 0) is 32.4 Å². The molecule has 6 nitrogen and oxygen atoms in total. The summed E-state index contributed by atoms with van der Waals surface area (Å²) >= 11 is 0. The van der Waals surface area contributed by atoms with Gasteiger partial charge in [-0.2, -0.15) is 0 Å². The van der Waals surface area contributed by atoms with Crippen LogP contribution in [-0.2, 0) is 19.5 Å². The van der Waals surface area contributed by atoms with Gasteiger partial charge < -0.3 is 9.47 Å². The van der Waals surface area contributed by atoms with E-state index < -0.39 is 15.8 Å². The number of sulfonamides is 1. The van der Waals surface area contributed by atoms with Crippen molar-refractivity contribution in [2.75, 3.05) is 19.8 Å². The van der Waals surface area contributed by atoms with Crippen LogP contribution in [0.15, 0.2) is 29.2 Å². The Hall–Kier alpha value is -1.28. The molecule has 0 aromatic heterocycles. The first kappa shape index (κ1) is 17.1. The molecule has 1 aliphatic heterocycles. The molecule has 0 amide bonds. The Kier molecular flexibility index (Phi) is 5.33. The molecule has 0 saturated carbocycles.